The second kappa shape index (κ2) is 6.31. The number of carbonyl (C=O) groups excluding carboxylic acids is 1. The van der Waals surface area contributed by atoms with Crippen molar-refractivity contribution in [3.63, 3.8) is 0 Å². The number of anilines is 1. The van der Waals surface area contributed by atoms with Gasteiger partial charge in [-0.05, 0) is 49.4 Å². The second-order valence-electron chi connectivity index (χ2n) is 4.97. The summed E-state index contributed by atoms with van der Waals surface area (Å²) in [5.74, 6) is -0.328. The van der Waals surface area contributed by atoms with E-state index >= 15 is 0 Å². The zero-order chi connectivity index (χ0) is 15.6. The van der Waals surface area contributed by atoms with E-state index in [1.54, 1.807) is 6.92 Å². The molecule has 1 aromatic heterocycles. The van der Waals surface area contributed by atoms with Gasteiger partial charge in [-0.25, -0.2) is 4.79 Å². The topological polar surface area (TPSA) is 52.3 Å². The highest BCUT2D eigenvalue weighted by Gasteiger charge is 2.22. The molecule has 0 aliphatic rings. The van der Waals surface area contributed by atoms with E-state index in [1.807, 2.05) is 6.07 Å². The van der Waals surface area contributed by atoms with Crippen molar-refractivity contribution in [1.82, 2.24) is 0 Å². The molecule has 2 rings (SSSR count). The molecule has 0 amide bonds. The second-order valence-corrected chi connectivity index (χ2v) is 5.99. The van der Waals surface area contributed by atoms with Crippen molar-refractivity contribution in [3.8, 4) is 10.4 Å². The monoisotopic (exact) mass is 303 g/mol. The number of hydrogen-bond acceptors (Lipinski definition) is 4. The molecule has 0 fully saturated rings. The predicted molar refractivity (Wildman–Crippen MR) is 89.0 cm³/mol. The van der Waals surface area contributed by atoms with Crippen LogP contribution in [0.1, 0.15) is 40.2 Å². The molecule has 3 nitrogen and oxygen atoms in total. The van der Waals surface area contributed by atoms with Crippen molar-refractivity contribution in [3.05, 3.63) is 39.8 Å². The number of carbonyl (C=O) groups is 1. The molecule has 21 heavy (non-hydrogen) atoms. The van der Waals surface area contributed by atoms with Gasteiger partial charge >= 0.3 is 5.97 Å². The van der Waals surface area contributed by atoms with Crippen LogP contribution in [0.5, 0.6) is 0 Å². The van der Waals surface area contributed by atoms with E-state index in [2.05, 4.69) is 32.9 Å². The van der Waals surface area contributed by atoms with Crippen LogP contribution in [0.4, 0.5) is 5.69 Å². The first-order chi connectivity index (χ1) is 10.0. The summed E-state index contributed by atoms with van der Waals surface area (Å²) in [6.45, 7) is 8.41. The van der Waals surface area contributed by atoms with Crippen LogP contribution in [-0.4, -0.2) is 12.6 Å². The van der Waals surface area contributed by atoms with Crippen molar-refractivity contribution in [2.75, 3.05) is 12.3 Å². The van der Waals surface area contributed by atoms with Crippen LogP contribution in [0, 0.1) is 13.8 Å². The average molecular weight is 303 g/mol. The lowest BCUT2D eigenvalue weighted by molar-refractivity contribution is 0.0533. The Labute approximate surface area is 129 Å². The van der Waals surface area contributed by atoms with Crippen molar-refractivity contribution in [2.45, 2.75) is 34.1 Å². The van der Waals surface area contributed by atoms with Gasteiger partial charge in [0.15, 0.2) is 0 Å². The molecule has 0 bridgehead atoms. The molecular weight excluding hydrogens is 282 g/mol. The molecule has 0 saturated carbocycles. The number of ether oxygens (including phenoxy) is 1. The largest absolute Gasteiger partial charge is 0.462 e. The van der Waals surface area contributed by atoms with E-state index in [9.17, 15) is 4.79 Å². The SMILES string of the molecule is CCOC(=O)c1sc(-c2cccc(C)c2C)c(CC)c1N. The van der Waals surface area contributed by atoms with Gasteiger partial charge < -0.3 is 10.5 Å². The molecule has 0 atom stereocenters. The Kier molecular flexibility index (Phi) is 4.68. The molecule has 0 saturated heterocycles. The van der Waals surface area contributed by atoms with Crippen LogP contribution in [0.15, 0.2) is 18.2 Å². The molecule has 1 heterocycles. The fourth-order valence-electron chi connectivity index (χ4n) is 2.39. The third kappa shape index (κ3) is 2.81. The van der Waals surface area contributed by atoms with Crippen LogP contribution < -0.4 is 5.73 Å². The first kappa shape index (κ1) is 15.6. The number of aryl methyl sites for hydroxylation is 1. The maximum atomic E-state index is 12.0. The maximum absolute atomic E-state index is 12.0. The van der Waals surface area contributed by atoms with Crippen LogP contribution in [0.25, 0.3) is 10.4 Å². The predicted octanol–water partition coefficient (Wildman–Crippen LogP) is 4.35. The molecule has 0 unspecified atom stereocenters. The molecule has 0 aliphatic carbocycles. The summed E-state index contributed by atoms with van der Waals surface area (Å²) >= 11 is 1.44. The molecule has 112 valence electrons. The lowest BCUT2D eigenvalue weighted by Gasteiger charge is -2.08. The number of esters is 1. The van der Waals surface area contributed by atoms with E-state index < -0.39 is 0 Å². The van der Waals surface area contributed by atoms with Crippen molar-refractivity contribution in [2.24, 2.45) is 0 Å². The fourth-order valence-corrected chi connectivity index (χ4v) is 3.68. The minimum atomic E-state index is -0.328. The number of thiophene rings is 1. The summed E-state index contributed by atoms with van der Waals surface area (Å²) in [5.41, 5.74) is 11.4. The summed E-state index contributed by atoms with van der Waals surface area (Å²) in [6.07, 6.45) is 0.796. The third-order valence-corrected chi connectivity index (χ3v) is 4.97. The lowest BCUT2D eigenvalue weighted by Crippen LogP contribution is -2.05. The van der Waals surface area contributed by atoms with Crippen LogP contribution in [-0.2, 0) is 11.2 Å². The van der Waals surface area contributed by atoms with Crippen LogP contribution in [0.2, 0.25) is 0 Å². The average Bonchev–Trinajstić information content (AvgIpc) is 2.79. The first-order valence-electron chi connectivity index (χ1n) is 7.16. The summed E-state index contributed by atoms with van der Waals surface area (Å²) in [5, 5.41) is 0. The molecule has 4 heteroatoms. The Morgan fingerprint density at radius 3 is 2.62 bits per heavy atom. The Balaban J connectivity index is 2.61. The number of hydrogen-bond donors (Lipinski definition) is 1. The highest BCUT2D eigenvalue weighted by molar-refractivity contribution is 7.18. The number of rotatable bonds is 4. The summed E-state index contributed by atoms with van der Waals surface area (Å²) in [7, 11) is 0. The summed E-state index contributed by atoms with van der Waals surface area (Å²) < 4.78 is 5.10. The third-order valence-electron chi connectivity index (χ3n) is 3.71. The smallest absolute Gasteiger partial charge is 0.350 e. The van der Waals surface area contributed by atoms with Crippen molar-refractivity contribution < 1.29 is 9.53 Å². The molecular formula is C17H21NO2S. The van der Waals surface area contributed by atoms with Crippen LogP contribution in [0.3, 0.4) is 0 Å². The van der Waals surface area contributed by atoms with Gasteiger partial charge in [0.05, 0.1) is 12.3 Å². The Bertz CT molecular complexity index is 674. The Morgan fingerprint density at radius 2 is 2.00 bits per heavy atom. The normalized spacial score (nSPS) is 10.7. The maximum Gasteiger partial charge on any atom is 0.350 e. The Hall–Kier alpha value is -1.81. The van der Waals surface area contributed by atoms with E-state index in [0.29, 0.717) is 17.2 Å². The highest BCUT2D eigenvalue weighted by Crippen LogP contribution is 2.41. The molecule has 2 aromatic rings. The first-order valence-corrected chi connectivity index (χ1v) is 7.97. The van der Waals surface area contributed by atoms with E-state index in [0.717, 1.165) is 22.4 Å². The molecule has 0 spiro atoms. The van der Waals surface area contributed by atoms with Gasteiger partial charge in [-0.15, -0.1) is 11.3 Å². The van der Waals surface area contributed by atoms with Gasteiger partial charge in [-0.3, -0.25) is 0 Å². The van der Waals surface area contributed by atoms with Gasteiger partial charge in [0.1, 0.15) is 4.88 Å². The highest BCUT2D eigenvalue weighted by atomic mass is 32.1. The Morgan fingerprint density at radius 1 is 1.29 bits per heavy atom. The minimum Gasteiger partial charge on any atom is -0.462 e. The van der Waals surface area contributed by atoms with E-state index in [1.165, 1.54) is 22.5 Å². The molecule has 0 radical (unpaired) electrons. The number of nitrogens with two attached hydrogens (primary N) is 1. The number of nitrogen functional groups attached to an aromatic ring is 1. The molecule has 0 aliphatic heterocycles. The summed E-state index contributed by atoms with van der Waals surface area (Å²) in [6, 6.07) is 6.21. The van der Waals surface area contributed by atoms with Gasteiger partial charge in [-0.2, -0.15) is 0 Å². The van der Waals surface area contributed by atoms with E-state index in [-0.39, 0.29) is 5.97 Å². The molecule has 1 aromatic carbocycles. The summed E-state index contributed by atoms with van der Waals surface area (Å²) in [4.78, 5) is 13.6. The quantitative estimate of drug-likeness (QED) is 0.854. The lowest BCUT2D eigenvalue weighted by atomic mass is 9.99. The number of benzene rings is 1. The fraction of sp³-hybridized carbons (Fsp3) is 0.353. The van der Waals surface area contributed by atoms with Gasteiger partial charge in [0.2, 0.25) is 0 Å². The van der Waals surface area contributed by atoms with Gasteiger partial charge in [0, 0.05) is 4.88 Å². The van der Waals surface area contributed by atoms with E-state index in [4.69, 9.17) is 10.5 Å². The van der Waals surface area contributed by atoms with Crippen LogP contribution >= 0.6 is 11.3 Å². The van der Waals surface area contributed by atoms with Gasteiger partial charge in [0.25, 0.3) is 0 Å². The van der Waals surface area contributed by atoms with Crippen molar-refractivity contribution >= 4 is 23.0 Å². The molecule has 2 N–H and O–H groups in total. The van der Waals surface area contributed by atoms with Crippen molar-refractivity contribution in [1.29, 1.82) is 0 Å². The van der Waals surface area contributed by atoms with Gasteiger partial charge in [-0.1, -0.05) is 25.1 Å². The zero-order valence-corrected chi connectivity index (χ0v) is 13.8. The minimum absolute atomic E-state index is 0.328. The standard InChI is InChI=1S/C17H21NO2S/c1-5-12-14(18)16(17(19)20-6-2)21-15(12)13-9-7-8-10(3)11(13)4/h7-9H,5-6,18H2,1-4H3. The zero-order valence-electron chi connectivity index (χ0n) is 12.9.